The van der Waals surface area contributed by atoms with Crippen LogP contribution in [0.25, 0.3) is 0 Å². The molecule has 0 heterocycles. The Morgan fingerprint density at radius 1 is 1.53 bits per heavy atom. The predicted molar refractivity (Wildman–Crippen MR) is 68.9 cm³/mol. The first-order valence-corrected chi connectivity index (χ1v) is 6.17. The summed E-state index contributed by atoms with van der Waals surface area (Å²) in [6, 6.07) is 5.23. The standard InChI is InChI=1S/C13H16N2O4/c1-9-10(3-2-4-12(9)15(18)19)7-14(8-13(16)17)11-5-6-11/h2-4,11H,5-8H2,1H3,(H,16,17). The second-order valence-electron chi connectivity index (χ2n) is 4.85. The summed E-state index contributed by atoms with van der Waals surface area (Å²) in [6.07, 6.45) is 2.00. The third-order valence-electron chi connectivity index (χ3n) is 3.39. The highest BCUT2D eigenvalue weighted by molar-refractivity contribution is 5.69. The van der Waals surface area contributed by atoms with Crippen LogP contribution >= 0.6 is 0 Å². The minimum absolute atomic E-state index is 0.0210. The number of rotatable bonds is 6. The summed E-state index contributed by atoms with van der Waals surface area (Å²) in [4.78, 5) is 23.2. The highest BCUT2D eigenvalue weighted by Gasteiger charge is 2.30. The number of nitro benzene ring substituents is 1. The lowest BCUT2D eigenvalue weighted by molar-refractivity contribution is -0.385. The van der Waals surface area contributed by atoms with E-state index in [1.165, 1.54) is 6.07 Å². The van der Waals surface area contributed by atoms with Crippen molar-refractivity contribution in [2.24, 2.45) is 0 Å². The second-order valence-corrected chi connectivity index (χ2v) is 4.85. The zero-order valence-electron chi connectivity index (χ0n) is 10.7. The van der Waals surface area contributed by atoms with Crippen LogP contribution in [0.4, 0.5) is 5.69 Å². The molecule has 0 aliphatic heterocycles. The van der Waals surface area contributed by atoms with Gasteiger partial charge >= 0.3 is 5.97 Å². The van der Waals surface area contributed by atoms with Gasteiger partial charge < -0.3 is 5.11 Å². The molecular formula is C13H16N2O4. The van der Waals surface area contributed by atoms with Crippen LogP contribution in [0, 0.1) is 17.0 Å². The van der Waals surface area contributed by atoms with Crippen molar-refractivity contribution in [2.75, 3.05) is 6.54 Å². The molecule has 0 atom stereocenters. The normalized spacial score (nSPS) is 14.6. The average Bonchev–Trinajstić information content (AvgIpc) is 3.13. The summed E-state index contributed by atoms with van der Waals surface area (Å²) in [7, 11) is 0. The van der Waals surface area contributed by atoms with Crippen molar-refractivity contribution in [3.63, 3.8) is 0 Å². The predicted octanol–water partition coefficient (Wildman–Crippen LogP) is 1.95. The molecule has 0 unspecified atom stereocenters. The van der Waals surface area contributed by atoms with E-state index in [1.54, 1.807) is 13.0 Å². The third-order valence-corrected chi connectivity index (χ3v) is 3.39. The average molecular weight is 264 g/mol. The second kappa shape index (κ2) is 5.36. The molecule has 1 aliphatic carbocycles. The van der Waals surface area contributed by atoms with Crippen molar-refractivity contribution in [3.8, 4) is 0 Å². The number of aliphatic carboxylic acids is 1. The molecule has 1 aliphatic rings. The lowest BCUT2D eigenvalue weighted by Gasteiger charge is -2.20. The molecule has 0 saturated heterocycles. The van der Waals surface area contributed by atoms with Gasteiger partial charge in [0.2, 0.25) is 0 Å². The SMILES string of the molecule is Cc1c(CN(CC(=O)O)C2CC2)cccc1[N+](=O)[O-]. The van der Waals surface area contributed by atoms with Gasteiger partial charge in [0.15, 0.2) is 0 Å². The monoisotopic (exact) mass is 264 g/mol. The first-order valence-electron chi connectivity index (χ1n) is 6.17. The number of nitro groups is 1. The number of nitrogens with zero attached hydrogens (tertiary/aromatic N) is 2. The molecule has 2 rings (SSSR count). The molecule has 1 N–H and O–H groups in total. The summed E-state index contributed by atoms with van der Waals surface area (Å²) < 4.78 is 0. The Hall–Kier alpha value is -1.95. The Morgan fingerprint density at radius 3 is 2.74 bits per heavy atom. The number of carbonyl (C=O) groups is 1. The van der Waals surface area contributed by atoms with E-state index in [0.29, 0.717) is 18.2 Å². The Bertz CT molecular complexity index is 511. The lowest BCUT2D eigenvalue weighted by atomic mass is 10.1. The van der Waals surface area contributed by atoms with Gasteiger partial charge in [-0.2, -0.15) is 0 Å². The fourth-order valence-corrected chi connectivity index (χ4v) is 2.19. The van der Waals surface area contributed by atoms with Gasteiger partial charge in [0.25, 0.3) is 5.69 Å². The van der Waals surface area contributed by atoms with Crippen LogP contribution in [0.3, 0.4) is 0 Å². The molecule has 102 valence electrons. The molecular weight excluding hydrogens is 248 g/mol. The number of benzene rings is 1. The Labute approximate surface area is 110 Å². The van der Waals surface area contributed by atoms with Crippen LogP contribution in [0.2, 0.25) is 0 Å². The summed E-state index contributed by atoms with van der Waals surface area (Å²) in [5.74, 6) is -0.866. The molecule has 1 fully saturated rings. The summed E-state index contributed by atoms with van der Waals surface area (Å²) in [5.41, 5.74) is 1.52. The van der Waals surface area contributed by atoms with E-state index in [2.05, 4.69) is 0 Å². The van der Waals surface area contributed by atoms with E-state index >= 15 is 0 Å². The highest BCUT2D eigenvalue weighted by Crippen LogP contribution is 2.30. The number of hydrogen-bond donors (Lipinski definition) is 1. The number of carboxylic acids is 1. The molecule has 1 aromatic rings. The fourth-order valence-electron chi connectivity index (χ4n) is 2.19. The van der Waals surface area contributed by atoms with E-state index in [-0.39, 0.29) is 12.2 Å². The number of hydrogen-bond acceptors (Lipinski definition) is 4. The Kier molecular flexibility index (Phi) is 3.80. The van der Waals surface area contributed by atoms with Gasteiger partial charge in [-0.25, -0.2) is 0 Å². The van der Waals surface area contributed by atoms with Gasteiger partial charge in [0.05, 0.1) is 11.5 Å². The highest BCUT2D eigenvalue weighted by atomic mass is 16.6. The quantitative estimate of drug-likeness (QED) is 0.627. The molecule has 0 radical (unpaired) electrons. The zero-order chi connectivity index (χ0) is 14.0. The largest absolute Gasteiger partial charge is 0.480 e. The van der Waals surface area contributed by atoms with Gasteiger partial charge in [0, 0.05) is 24.2 Å². The van der Waals surface area contributed by atoms with Crippen molar-refractivity contribution in [1.82, 2.24) is 4.90 Å². The summed E-state index contributed by atoms with van der Waals surface area (Å²) >= 11 is 0. The van der Waals surface area contributed by atoms with Crippen LogP contribution in [0.5, 0.6) is 0 Å². The zero-order valence-corrected chi connectivity index (χ0v) is 10.7. The van der Waals surface area contributed by atoms with Gasteiger partial charge in [-0.3, -0.25) is 19.8 Å². The van der Waals surface area contributed by atoms with Crippen molar-refractivity contribution in [1.29, 1.82) is 0 Å². The van der Waals surface area contributed by atoms with Crippen molar-refractivity contribution < 1.29 is 14.8 Å². The molecule has 0 aromatic heterocycles. The third kappa shape index (κ3) is 3.29. The first kappa shape index (κ1) is 13.5. The molecule has 6 nitrogen and oxygen atoms in total. The lowest BCUT2D eigenvalue weighted by Crippen LogP contribution is -2.31. The maximum absolute atomic E-state index is 10.9. The Morgan fingerprint density at radius 2 is 2.21 bits per heavy atom. The molecule has 0 amide bonds. The maximum Gasteiger partial charge on any atom is 0.317 e. The van der Waals surface area contributed by atoms with Crippen molar-refractivity contribution in [2.45, 2.75) is 32.4 Å². The van der Waals surface area contributed by atoms with E-state index in [1.807, 2.05) is 11.0 Å². The Balaban J connectivity index is 2.19. The van der Waals surface area contributed by atoms with Crippen LogP contribution in [-0.2, 0) is 11.3 Å². The minimum atomic E-state index is -0.866. The topological polar surface area (TPSA) is 83.7 Å². The molecule has 1 aromatic carbocycles. The molecule has 6 heteroatoms. The molecule has 1 saturated carbocycles. The summed E-state index contributed by atoms with van der Waals surface area (Å²) in [6.45, 7) is 2.14. The number of carboxylic acid groups (broad SMARTS) is 1. The van der Waals surface area contributed by atoms with Gasteiger partial charge in [-0.1, -0.05) is 12.1 Å². The van der Waals surface area contributed by atoms with E-state index < -0.39 is 10.9 Å². The maximum atomic E-state index is 10.9. The minimum Gasteiger partial charge on any atom is -0.480 e. The van der Waals surface area contributed by atoms with Crippen molar-refractivity contribution >= 4 is 11.7 Å². The van der Waals surface area contributed by atoms with Crippen molar-refractivity contribution in [3.05, 3.63) is 39.4 Å². The van der Waals surface area contributed by atoms with Crippen LogP contribution in [0.1, 0.15) is 24.0 Å². The van der Waals surface area contributed by atoms with E-state index in [0.717, 1.165) is 18.4 Å². The van der Waals surface area contributed by atoms with Crippen LogP contribution in [0.15, 0.2) is 18.2 Å². The van der Waals surface area contributed by atoms with Gasteiger partial charge in [-0.05, 0) is 25.3 Å². The summed E-state index contributed by atoms with van der Waals surface area (Å²) in [5, 5.41) is 19.8. The van der Waals surface area contributed by atoms with E-state index in [9.17, 15) is 14.9 Å². The molecule has 0 bridgehead atoms. The molecule has 0 spiro atoms. The molecule has 19 heavy (non-hydrogen) atoms. The van der Waals surface area contributed by atoms with Crippen LogP contribution in [-0.4, -0.2) is 33.5 Å². The van der Waals surface area contributed by atoms with Crippen LogP contribution < -0.4 is 0 Å². The van der Waals surface area contributed by atoms with Gasteiger partial charge in [0.1, 0.15) is 0 Å². The van der Waals surface area contributed by atoms with E-state index in [4.69, 9.17) is 5.11 Å². The smallest absolute Gasteiger partial charge is 0.317 e. The van der Waals surface area contributed by atoms with Gasteiger partial charge in [-0.15, -0.1) is 0 Å². The first-order chi connectivity index (χ1) is 8.99. The fraction of sp³-hybridized carbons (Fsp3) is 0.462.